The van der Waals surface area contributed by atoms with Crippen LogP contribution in [0, 0.1) is 0 Å². The molecule has 0 saturated heterocycles. The van der Waals surface area contributed by atoms with E-state index in [-0.39, 0.29) is 5.41 Å². The van der Waals surface area contributed by atoms with Crippen molar-refractivity contribution in [1.82, 2.24) is 9.78 Å². The van der Waals surface area contributed by atoms with Crippen LogP contribution in [-0.2, 0) is 19.0 Å². The summed E-state index contributed by atoms with van der Waals surface area (Å²) in [6.45, 7) is 7.13. The van der Waals surface area contributed by atoms with E-state index in [1.807, 2.05) is 11.7 Å². The Kier molecular flexibility index (Phi) is 3.26. The number of benzene rings is 1. The summed E-state index contributed by atoms with van der Waals surface area (Å²) in [5.41, 5.74) is 10.4. The molecule has 1 aromatic heterocycles. The molecule has 18 heavy (non-hydrogen) atoms. The molecule has 0 amide bonds. The molecule has 0 aliphatic heterocycles. The number of nitrogens with two attached hydrogens (primary N) is 1. The lowest BCUT2D eigenvalue weighted by atomic mass is 9.87. The van der Waals surface area contributed by atoms with Crippen molar-refractivity contribution >= 4 is 0 Å². The molecule has 1 heterocycles. The number of aryl methyl sites for hydroxylation is 1. The predicted octanol–water partition coefficient (Wildman–Crippen LogP) is 2.84. The standard InChI is InChI=1S/C15H21N3/c1-15(2,3)14-13(10-18(4)17-14)12-7-5-6-11(8-12)9-16/h5-8,10H,9,16H2,1-4H3. The molecule has 0 aliphatic rings. The maximum absolute atomic E-state index is 5.71. The lowest BCUT2D eigenvalue weighted by molar-refractivity contribution is 0.554. The average molecular weight is 243 g/mol. The molecular weight excluding hydrogens is 222 g/mol. The quantitative estimate of drug-likeness (QED) is 0.881. The van der Waals surface area contributed by atoms with Crippen molar-refractivity contribution in [2.45, 2.75) is 32.7 Å². The summed E-state index contributed by atoms with van der Waals surface area (Å²) in [7, 11) is 1.96. The van der Waals surface area contributed by atoms with Crippen molar-refractivity contribution < 1.29 is 0 Å². The molecule has 3 heteroatoms. The Morgan fingerprint density at radius 3 is 2.61 bits per heavy atom. The van der Waals surface area contributed by atoms with E-state index < -0.39 is 0 Å². The van der Waals surface area contributed by atoms with Gasteiger partial charge >= 0.3 is 0 Å². The van der Waals surface area contributed by atoms with Crippen molar-refractivity contribution in [1.29, 1.82) is 0 Å². The summed E-state index contributed by atoms with van der Waals surface area (Å²) in [5, 5.41) is 4.60. The molecule has 0 atom stereocenters. The molecule has 2 N–H and O–H groups in total. The van der Waals surface area contributed by atoms with Crippen molar-refractivity contribution in [2.24, 2.45) is 12.8 Å². The Morgan fingerprint density at radius 1 is 1.28 bits per heavy atom. The van der Waals surface area contributed by atoms with E-state index in [1.54, 1.807) is 0 Å². The zero-order valence-electron chi connectivity index (χ0n) is 11.6. The zero-order valence-corrected chi connectivity index (χ0v) is 11.6. The van der Waals surface area contributed by atoms with E-state index in [4.69, 9.17) is 5.73 Å². The third kappa shape index (κ3) is 2.46. The highest BCUT2D eigenvalue weighted by atomic mass is 15.3. The Bertz CT molecular complexity index is 547. The zero-order chi connectivity index (χ0) is 13.3. The number of aromatic nitrogens is 2. The van der Waals surface area contributed by atoms with Crippen molar-refractivity contribution in [3.05, 3.63) is 41.7 Å². The van der Waals surface area contributed by atoms with Gasteiger partial charge in [-0.3, -0.25) is 4.68 Å². The Labute approximate surface area is 109 Å². The van der Waals surface area contributed by atoms with Crippen molar-refractivity contribution in [3.63, 3.8) is 0 Å². The van der Waals surface area contributed by atoms with Gasteiger partial charge in [0.15, 0.2) is 0 Å². The molecule has 0 saturated carbocycles. The fourth-order valence-electron chi connectivity index (χ4n) is 2.12. The van der Waals surface area contributed by atoms with Crippen LogP contribution >= 0.6 is 0 Å². The number of nitrogens with zero attached hydrogens (tertiary/aromatic N) is 2. The Morgan fingerprint density at radius 2 is 2.00 bits per heavy atom. The fourth-order valence-corrected chi connectivity index (χ4v) is 2.12. The summed E-state index contributed by atoms with van der Waals surface area (Å²) in [4.78, 5) is 0. The molecule has 2 rings (SSSR count). The molecule has 0 aliphatic carbocycles. The van der Waals surface area contributed by atoms with Gasteiger partial charge in [0.05, 0.1) is 5.69 Å². The van der Waals surface area contributed by atoms with E-state index >= 15 is 0 Å². The minimum Gasteiger partial charge on any atom is -0.326 e. The maximum atomic E-state index is 5.71. The van der Waals surface area contributed by atoms with Crippen molar-refractivity contribution in [3.8, 4) is 11.1 Å². The van der Waals surface area contributed by atoms with Gasteiger partial charge in [-0.05, 0) is 17.2 Å². The van der Waals surface area contributed by atoms with Crippen LogP contribution in [-0.4, -0.2) is 9.78 Å². The van der Waals surface area contributed by atoms with E-state index in [2.05, 4.69) is 56.3 Å². The second-order valence-corrected chi connectivity index (χ2v) is 5.72. The summed E-state index contributed by atoms with van der Waals surface area (Å²) in [6, 6.07) is 8.37. The molecule has 96 valence electrons. The molecule has 0 unspecified atom stereocenters. The van der Waals surface area contributed by atoms with Gasteiger partial charge in [0.25, 0.3) is 0 Å². The third-order valence-electron chi connectivity index (χ3n) is 3.01. The Balaban J connectivity index is 2.56. The molecular formula is C15H21N3. The van der Waals surface area contributed by atoms with Crippen LogP contribution in [0.4, 0.5) is 0 Å². The predicted molar refractivity (Wildman–Crippen MR) is 75.2 cm³/mol. The summed E-state index contributed by atoms with van der Waals surface area (Å²) >= 11 is 0. The van der Waals surface area contributed by atoms with Crippen LogP contribution < -0.4 is 5.73 Å². The van der Waals surface area contributed by atoms with E-state index in [1.165, 1.54) is 11.1 Å². The van der Waals surface area contributed by atoms with Gasteiger partial charge in [-0.1, -0.05) is 39.0 Å². The number of rotatable bonds is 2. The lowest BCUT2D eigenvalue weighted by Crippen LogP contribution is -2.13. The minimum atomic E-state index is 0.0370. The second-order valence-electron chi connectivity index (χ2n) is 5.72. The van der Waals surface area contributed by atoms with E-state index in [0.29, 0.717) is 6.54 Å². The lowest BCUT2D eigenvalue weighted by Gasteiger charge is -2.17. The van der Waals surface area contributed by atoms with Crippen LogP contribution in [0.1, 0.15) is 32.0 Å². The van der Waals surface area contributed by atoms with Crippen LogP contribution in [0.15, 0.2) is 30.5 Å². The highest BCUT2D eigenvalue weighted by Gasteiger charge is 2.22. The average Bonchev–Trinajstić information content (AvgIpc) is 2.71. The monoisotopic (exact) mass is 243 g/mol. The molecule has 0 bridgehead atoms. The maximum Gasteiger partial charge on any atom is 0.0756 e. The topological polar surface area (TPSA) is 43.8 Å². The highest BCUT2D eigenvalue weighted by molar-refractivity contribution is 5.67. The number of hydrogen-bond acceptors (Lipinski definition) is 2. The first-order valence-electron chi connectivity index (χ1n) is 6.25. The SMILES string of the molecule is Cn1cc(-c2cccc(CN)c2)c(C(C)(C)C)n1. The van der Waals surface area contributed by atoms with Crippen LogP contribution in [0.25, 0.3) is 11.1 Å². The first-order valence-corrected chi connectivity index (χ1v) is 6.25. The van der Waals surface area contributed by atoms with Crippen LogP contribution in [0.5, 0.6) is 0 Å². The molecule has 0 radical (unpaired) electrons. The molecule has 1 aromatic carbocycles. The van der Waals surface area contributed by atoms with Crippen LogP contribution in [0.3, 0.4) is 0 Å². The van der Waals surface area contributed by atoms with Crippen molar-refractivity contribution in [2.75, 3.05) is 0 Å². The summed E-state index contributed by atoms with van der Waals surface area (Å²) < 4.78 is 1.88. The first kappa shape index (κ1) is 12.8. The third-order valence-corrected chi connectivity index (χ3v) is 3.01. The van der Waals surface area contributed by atoms with E-state index in [9.17, 15) is 0 Å². The van der Waals surface area contributed by atoms with Gasteiger partial charge in [0.1, 0.15) is 0 Å². The van der Waals surface area contributed by atoms with Gasteiger partial charge < -0.3 is 5.73 Å². The normalized spacial score (nSPS) is 11.8. The minimum absolute atomic E-state index is 0.0370. The molecule has 3 nitrogen and oxygen atoms in total. The Hall–Kier alpha value is -1.61. The molecule has 2 aromatic rings. The molecule has 0 spiro atoms. The van der Waals surface area contributed by atoms with Gasteiger partial charge in [-0.15, -0.1) is 0 Å². The van der Waals surface area contributed by atoms with Gasteiger partial charge in [-0.2, -0.15) is 5.10 Å². The van der Waals surface area contributed by atoms with E-state index in [0.717, 1.165) is 11.3 Å². The smallest absolute Gasteiger partial charge is 0.0756 e. The highest BCUT2D eigenvalue weighted by Crippen LogP contribution is 2.31. The number of hydrogen-bond donors (Lipinski definition) is 1. The largest absolute Gasteiger partial charge is 0.326 e. The van der Waals surface area contributed by atoms with Gasteiger partial charge in [-0.25, -0.2) is 0 Å². The summed E-state index contributed by atoms with van der Waals surface area (Å²) in [6.07, 6.45) is 2.08. The molecule has 0 fully saturated rings. The fraction of sp³-hybridized carbons (Fsp3) is 0.400. The first-order chi connectivity index (χ1) is 8.41. The second kappa shape index (κ2) is 4.58. The van der Waals surface area contributed by atoms with Crippen LogP contribution in [0.2, 0.25) is 0 Å². The van der Waals surface area contributed by atoms with Gasteiger partial charge in [0, 0.05) is 30.8 Å². The summed E-state index contributed by atoms with van der Waals surface area (Å²) in [5.74, 6) is 0. The van der Waals surface area contributed by atoms with Gasteiger partial charge in [0.2, 0.25) is 0 Å².